The lowest BCUT2D eigenvalue weighted by Gasteiger charge is -2.22. The molecule has 1 unspecified atom stereocenters. The number of carbonyl (C=O) groups excluding carboxylic acids is 2. The molecule has 0 radical (unpaired) electrons. The highest BCUT2D eigenvalue weighted by Gasteiger charge is 2.14. The Labute approximate surface area is 152 Å². The first-order chi connectivity index (χ1) is 11.6. The van der Waals surface area contributed by atoms with E-state index < -0.39 is 17.5 Å². The summed E-state index contributed by atoms with van der Waals surface area (Å²) in [5.74, 6) is -1.81. The lowest BCUT2D eigenvalue weighted by atomic mass is 10.00. The summed E-state index contributed by atoms with van der Waals surface area (Å²) in [6, 6.07) is 2.80. The van der Waals surface area contributed by atoms with Crippen LogP contribution in [0.3, 0.4) is 0 Å². The molecule has 1 aromatic carbocycles. The summed E-state index contributed by atoms with van der Waals surface area (Å²) in [7, 11) is 0. The van der Waals surface area contributed by atoms with Gasteiger partial charge in [0.05, 0.1) is 5.56 Å². The molecule has 3 N–H and O–H groups in total. The SMILES string of the molecule is Cl.O=C(CCCNC(=O)c1ccc(F)cc1F)NCC1CCCNC1. The third-order valence-corrected chi connectivity index (χ3v) is 4.03. The Hall–Kier alpha value is -1.73. The second-order valence-electron chi connectivity index (χ2n) is 6.00. The minimum absolute atomic E-state index is 0. The van der Waals surface area contributed by atoms with Gasteiger partial charge in [0.1, 0.15) is 11.6 Å². The van der Waals surface area contributed by atoms with Crippen molar-refractivity contribution in [1.29, 1.82) is 0 Å². The number of hydrogen-bond donors (Lipinski definition) is 3. The van der Waals surface area contributed by atoms with Crippen LogP contribution in [0.5, 0.6) is 0 Å². The van der Waals surface area contributed by atoms with Gasteiger partial charge >= 0.3 is 0 Å². The predicted molar refractivity (Wildman–Crippen MR) is 93.8 cm³/mol. The Morgan fingerprint density at radius 2 is 2.04 bits per heavy atom. The molecule has 2 amide bonds. The average Bonchev–Trinajstić information content (AvgIpc) is 2.57. The van der Waals surface area contributed by atoms with Crippen LogP contribution in [0.4, 0.5) is 8.78 Å². The Morgan fingerprint density at radius 1 is 1.24 bits per heavy atom. The molecule has 1 saturated heterocycles. The molecular weight excluding hydrogens is 352 g/mol. The van der Waals surface area contributed by atoms with Crippen LogP contribution in [0.25, 0.3) is 0 Å². The van der Waals surface area contributed by atoms with Crippen LogP contribution in [0.2, 0.25) is 0 Å². The van der Waals surface area contributed by atoms with Crippen molar-refractivity contribution in [3.05, 3.63) is 35.4 Å². The monoisotopic (exact) mass is 375 g/mol. The van der Waals surface area contributed by atoms with Gasteiger partial charge in [-0.05, 0) is 50.4 Å². The van der Waals surface area contributed by atoms with Crippen molar-refractivity contribution in [3.63, 3.8) is 0 Å². The number of carbonyl (C=O) groups is 2. The van der Waals surface area contributed by atoms with E-state index in [1.165, 1.54) is 0 Å². The first-order valence-corrected chi connectivity index (χ1v) is 8.27. The quantitative estimate of drug-likeness (QED) is 0.638. The van der Waals surface area contributed by atoms with Crippen LogP contribution in [-0.4, -0.2) is 38.0 Å². The predicted octanol–water partition coefficient (Wildman–Crippen LogP) is 2.01. The zero-order valence-corrected chi connectivity index (χ0v) is 14.8. The Morgan fingerprint density at radius 3 is 2.72 bits per heavy atom. The highest BCUT2D eigenvalue weighted by Crippen LogP contribution is 2.10. The third kappa shape index (κ3) is 7.36. The van der Waals surface area contributed by atoms with Gasteiger partial charge in [-0.2, -0.15) is 0 Å². The largest absolute Gasteiger partial charge is 0.356 e. The zero-order valence-electron chi connectivity index (χ0n) is 13.9. The van der Waals surface area contributed by atoms with E-state index in [0.717, 1.165) is 38.1 Å². The highest BCUT2D eigenvalue weighted by atomic mass is 35.5. The van der Waals surface area contributed by atoms with Crippen molar-refractivity contribution in [3.8, 4) is 0 Å². The number of amides is 2. The summed E-state index contributed by atoms with van der Waals surface area (Å²) < 4.78 is 26.2. The van der Waals surface area contributed by atoms with E-state index in [4.69, 9.17) is 0 Å². The van der Waals surface area contributed by atoms with E-state index in [2.05, 4.69) is 16.0 Å². The molecule has 25 heavy (non-hydrogen) atoms. The molecule has 1 atom stereocenters. The Bertz CT molecular complexity index is 581. The number of rotatable bonds is 7. The second kappa shape index (κ2) is 11.0. The van der Waals surface area contributed by atoms with Gasteiger partial charge in [-0.1, -0.05) is 0 Å². The fraction of sp³-hybridized carbons (Fsp3) is 0.529. The topological polar surface area (TPSA) is 70.2 Å². The molecule has 140 valence electrons. The molecule has 5 nitrogen and oxygen atoms in total. The summed E-state index contributed by atoms with van der Waals surface area (Å²) in [6.07, 6.45) is 3.01. The molecule has 1 aliphatic heterocycles. The standard InChI is InChI=1S/C17H23F2N3O2.ClH/c18-13-5-6-14(15(19)9-13)17(24)21-8-2-4-16(23)22-11-12-3-1-7-20-10-12;/h5-6,9,12,20H,1-4,7-8,10-11H2,(H,21,24)(H,22,23);1H. The average molecular weight is 376 g/mol. The molecule has 1 heterocycles. The maximum atomic E-state index is 13.4. The third-order valence-electron chi connectivity index (χ3n) is 4.03. The van der Waals surface area contributed by atoms with Gasteiger partial charge in [0.15, 0.2) is 0 Å². The van der Waals surface area contributed by atoms with Crippen LogP contribution < -0.4 is 16.0 Å². The van der Waals surface area contributed by atoms with E-state index in [1.54, 1.807) is 0 Å². The van der Waals surface area contributed by atoms with Crippen LogP contribution in [0, 0.1) is 17.6 Å². The van der Waals surface area contributed by atoms with E-state index in [1.807, 2.05) is 0 Å². The lowest BCUT2D eigenvalue weighted by molar-refractivity contribution is -0.121. The van der Waals surface area contributed by atoms with Gasteiger partial charge in [0, 0.05) is 25.6 Å². The zero-order chi connectivity index (χ0) is 17.4. The van der Waals surface area contributed by atoms with Crippen molar-refractivity contribution in [2.75, 3.05) is 26.2 Å². The van der Waals surface area contributed by atoms with Gasteiger partial charge in [0.25, 0.3) is 5.91 Å². The first-order valence-electron chi connectivity index (χ1n) is 8.27. The van der Waals surface area contributed by atoms with E-state index >= 15 is 0 Å². The summed E-state index contributed by atoms with van der Waals surface area (Å²) in [4.78, 5) is 23.5. The van der Waals surface area contributed by atoms with Crippen molar-refractivity contribution in [1.82, 2.24) is 16.0 Å². The molecule has 0 aliphatic carbocycles. The maximum Gasteiger partial charge on any atom is 0.254 e. The smallest absolute Gasteiger partial charge is 0.254 e. The molecule has 1 fully saturated rings. The highest BCUT2D eigenvalue weighted by molar-refractivity contribution is 5.94. The number of nitrogens with one attached hydrogen (secondary N) is 3. The van der Waals surface area contributed by atoms with Gasteiger partial charge in [-0.25, -0.2) is 8.78 Å². The summed E-state index contributed by atoms with van der Waals surface area (Å²) in [5.41, 5.74) is -0.203. The summed E-state index contributed by atoms with van der Waals surface area (Å²) in [5, 5.41) is 8.72. The van der Waals surface area contributed by atoms with Crippen LogP contribution in [0.1, 0.15) is 36.0 Å². The lowest BCUT2D eigenvalue weighted by Crippen LogP contribution is -2.38. The van der Waals surface area contributed by atoms with Crippen molar-refractivity contribution in [2.24, 2.45) is 5.92 Å². The van der Waals surface area contributed by atoms with E-state index in [-0.39, 0.29) is 30.4 Å². The fourth-order valence-corrected chi connectivity index (χ4v) is 2.66. The van der Waals surface area contributed by atoms with Gasteiger partial charge in [0.2, 0.25) is 5.91 Å². The molecule has 1 aromatic rings. The van der Waals surface area contributed by atoms with Gasteiger partial charge in [-0.15, -0.1) is 12.4 Å². The van der Waals surface area contributed by atoms with Crippen molar-refractivity contribution in [2.45, 2.75) is 25.7 Å². The Kier molecular flexibility index (Phi) is 9.37. The molecule has 8 heteroatoms. The number of piperidine rings is 1. The van der Waals surface area contributed by atoms with Crippen LogP contribution in [-0.2, 0) is 4.79 Å². The summed E-state index contributed by atoms with van der Waals surface area (Å²) in [6.45, 7) is 2.89. The van der Waals surface area contributed by atoms with Crippen LogP contribution >= 0.6 is 12.4 Å². The minimum atomic E-state index is -0.897. The Balaban J connectivity index is 0.00000312. The first kappa shape index (κ1) is 21.3. The molecule has 2 rings (SSSR count). The summed E-state index contributed by atoms with van der Waals surface area (Å²) >= 11 is 0. The van der Waals surface area contributed by atoms with Crippen LogP contribution in [0.15, 0.2) is 18.2 Å². The molecule has 0 spiro atoms. The number of benzene rings is 1. The maximum absolute atomic E-state index is 13.4. The van der Waals surface area contributed by atoms with Gasteiger partial charge < -0.3 is 16.0 Å². The number of hydrogen-bond acceptors (Lipinski definition) is 3. The van der Waals surface area contributed by atoms with Gasteiger partial charge in [-0.3, -0.25) is 9.59 Å². The minimum Gasteiger partial charge on any atom is -0.356 e. The molecule has 0 saturated carbocycles. The molecule has 1 aliphatic rings. The van der Waals surface area contributed by atoms with Crippen molar-refractivity contribution < 1.29 is 18.4 Å². The van der Waals surface area contributed by atoms with Crippen molar-refractivity contribution >= 4 is 24.2 Å². The number of halogens is 3. The molecule has 0 aromatic heterocycles. The molecular formula is C17H24ClF2N3O2. The second-order valence-corrected chi connectivity index (χ2v) is 6.00. The van der Waals surface area contributed by atoms with E-state index in [9.17, 15) is 18.4 Å². The normalized spacial score (nSPS) is 16.6. The fourth-order valence-electron chi connectivity index (χ4n) is 2.66. The van der Waals surface area contributed by atoms with E-state index in [0.29, 0.717) is 31.4 Å². The molecule has 0 bridgehead atoms.